The van der Waals surface area contributed by atoms with Gasteiger partial charge in [0.1, 0.15) is 18.0 Å². The van der Waals surface area contributed by atoms with Gasteiger partial charge in [0.25, 0.3) is 0 Å². The number of nitrogens with zero attached hydrogens (tertiary/aromatic N) is 4. The highest BCUT2D eigenvalue weighted by Gasteiger charge is 2.23. The van der Waals surface area contributed by atoms with Gasteiger partial charge in [-0.05, 0) is 38.2 Å². The van der Waals surface area contributed by atoms with Crippen LogP contribution in [0.4, 0.5) is 5.69 Å². The number of carbonyl (C=O) groups is 1. The van der Waals surface area contributed by atoms with Crippen molar-refractivity contribution in [2.75, 3.05) is 44.3 Å². The molecule has 1 fully saturated rings. The van der Waals surface area contributed by atoms with Crippen molar-refractivity contribution >= 4 is 23.9 Å². The summed E-state index contributed by atoms with van der Waals surface area (Å²) >= 11 is 5.52. The van der Waals surface area contributed by atoms with Crippen LogP contribution in [-0.4, -0.2) is 59.7 Å². The molecule has 1 aliphatic rings. The third-order valence-corrected chi connectivity index (χ3v) is 5.57. The lowest BCUT2D eigenvalue weighted by Gasteiger charge is -2.34. The summed E-state index contributed by atoms with van der Waals surface area (Å²) in [6.45, 7) is 9.36. The minimum Gasteiger partial charge on any atom is -0.492 e. The summed E-state index contributed by atoms with van der Waals surface area (Å²) in [5.74, 6) is 1.29. The van der Waals surface area contributed by atoms with Gasteiger partial charge in [-0.25, -0.2) is 0 Å². The molecule has 0 spiro atoms. The van der Waals surface area contributed by atoms with Crippen LogP contribution in [0, 0.1) is 4.77 Å². The summed E-state index contributed by atoms with van der Waals surface area (Å²) in [7, 11) is 1.85. The summed E-state index contributed by atoms with van der Waals surface area (Å²) in [5.41, 5.74) is 1.15. The first-order valence-corrected chi connectivity index (χ1v) is 10.5. The molecule has 9 heteroatoms. The van der Waals surface area contributed by atoms with Gasteiger partial charge >= 0.3 is 5.97 Å². The van der Waals surface area contributed by atoms with Gasteiger partial charge in [-0.3, -0.25) is 4.79 Å². The van der Waals surface area contributed by atoms with E-state index in [0.29, 0.717) is 30.5 Å². The van der Waals surface area contributed by atoms with Crippen LogP contribution in [0.5, 0.6) is 5.75 Å². The number of hydrogen-bond donors (Lipinski definition) is 1. The molecule has 0 bridgehead atoms. The topological polar surface area (TPSA) is 66.0 Å². The van der Waals surface area contributed by atoms with Gasteiger partial charge in [0.15, 0.2) is 6.67 Å². The first-order valence-electron chi connectivity index (χ1n) is 10.1. The Hall–Kier alpha value is -2.39. The van der Waals surface area contributed by atoms with E-state index in [9.17, 15) is 4.79 Å². The van der Waals surface area contributed by atoms with Crippen molar-refractivity contribution in [3.8, 4) is 5.75 Å². The maximum Gasteiger partial charge on any atom is 0.313 e. The minimum atomic E-state index is -0.281. The fourth-order valence-corrected chi connectivity index (χ4v) is 3.77. The summed E-state index contributed by atoms with van der Waals surface area (Å²) < 4.78 is 15.0. The van der Waals surface area contributed by atoms with Gasteiger partial charge < -0.3 is 23.8 Å². The Kier molecular flexibility index (Phi) is 7.27. The average Bonchev–Trinajstić information content (AvgIpc) is 2.97. The van der Waals surface area contributed by atoms with Gasteiger partial charge in [0.05, 0.1) is 45.1 Å². The molecule has 2 aromatic rings. The predicted octanol–water partition coefficient (Wildman–Crippen LogP) is 0.818. The van der Waals surface area contributed by atoms with Gasteiger partial charge in [-0.15, -0.1) is 0 Å². The second kappa shape index (κ2) is 9.89. The van der Waals surface area contributed by atoms with E-state index in [0.717, 1.165) is 37.6 Å². The second-order valence-corrected chi connectivity index (χ2v) is 7.40. The third-order valence-electron chi connectivity index (χ3n) is 5.09. The largest absolute Gasteiger partial charge is 0.492 e. The highest BCUT2D eigenvalue weighted by atomic mass is 32.1. The summed E-state index contributed by atoms with van der Waals surface area (Å²) in [4.78, 5) is 15.6. The van der Waals surface area contributed by atoms with Gasteiger partial charge in [0, 0.05) is 7.05 Å². The average molecular weight is 421 g/mol. The van der Waals surface area contributed by atoms with E-state index < -0.39 is 0 Å². The molecule has 0 saturated carbocycles. The first kappa shape index (κ1) is 21.3. The normalized spacial score (nSPS) is 14.8. The molecule has 1 aliphatic heterocycles. The number of nitrogens with one attached hydrogen (secondary N) is 1. The molecular weight excluding hydrogens is 390 g/mol. The quantitative estimate of drug-likeness (QED) is 0.504. The number of esters is 1. The maximum absolute atomic E-state index is 11.8. The Labute approximate surface area is 176 Å². The smallest absolute Gasteiger partial charge is 0.313 e. The molecule has 0 amide bonds. The molecule has 2 heterocycles. The molecule has 0 radical (unpaired) electrons. The molecule has 8 nitrogen and oxygen atoms in total. The molecule has 0 unspecified atom stereocenters. The third kappa shape index (κ3) is 5.16. The lowest BCUT2D eigenvalue weighted by molar-refractivity contribution is -0.924. The summed E-state index contributed by atoms with van der Waals surface area (Å²) in [6, 6.07) is 8.20. The summed E-state index contributed by atoms with van der Waals surface area (Å²) in [5, 5.41) is 4.56. The Bertz CT molecular complexity index is 886. The van der Waals surface area contributed by atoms with Crippen molar-refractivity contribution in [2.45, 2.75) is 26.9 Å². The lowest BCUT2D eigenvalue weighted by Crippen LogP contribution is -3.14. The Balaban J connectivity index is 1.61. The molecular formula is C20H30N5O3S+. The molecule has 3 rings (SSSR count). The molecule has 0 aliphatic carbocycles. The molecule has 0 atom stereocenters. The van der Waals surface area contributed by atoms with Gasteiger partial charge in [-0.2, -0.15) is 9.78 Å². The van der Waals surface area contributed by atoms with E-state index in [1.165, 1.54) is 4.90 Å². The predicted molar refractivity (Wildman–Crippen MR) is 113 cm³/mol. The fourth-order valence-electron chi connectivity index (χ4n) is 3.56. The van der Waals surface area contributed by atoms with Gasteiger partial charge in [-0.1, -0.05) is 12.1 Å². The number of aromatic nitrogens is 3. The Morgan fingerprint density at radius 2 is 1.93 bits per heavy atom. The van der Waals surface area contributed by atoms with Crippen molar-refractivity contribution in [2.24, 2.45) is 7.05 Å². The number of para-hydroxylation sites is 2. The van der Waals surface area contributed by atoms with Crippen LogP contribution in [0.2, 0.25) is 0 Å². The molecule has 1 N–H and O–H groups in total. The van der Waals surface area contributed by atoms with E-state index in [1.807, 2.05) is 30.8 Å². The molecule has 29 heavy (non-hydrogen) atoms. The molecule has 1 saturated heterocycles. The minimum absolute atomic E-state index is 0.137. The highest BCUT2D eigenvalue weighted by Crippen LogP contribution is 2.27. The fraction of sp³-hybridized carbons (Fsp3) is 0.550. The maximum atomic E-state index is 11.8. The van der Waals surface area contributed by atoms with Crippen LogP contribution >= 0.6 is 12.2 Å². The lowest BCUT2D eigenvalue weighted by atomic mass is 10.2. The second-order valence-electron chi connectivity index (χ2n) is 7.04. The Morgan fingerprint density at radius 3 is 2.62 bits per heavy atom. The first-order chi connectivity index (χ1) is 14.0. The zero-order chi connectivity index (χ0) is 20.8. The molecule has 158 valence electrons. The monoisotopic (exact) mass is 420 g/mol. The van der Waals surface area contributed by atoms with Crippen LogP contribution < -0.4 is 14.5 Å². The van der Waals surface area contributed by atoms with Crippen LogP contribution in [0.3, 0.4) is 0 Å². The van der Waals surface area contributed by atoms with Crippen molar-refractivity contribution in [1.82, 2.24) is 14.3 Å². The van der Waals surface area contributed by atoms with E-state index >= 15 is 0 Å². The van der Waals surface area contributed by atoms with E-state index in [1.54, 1.807) is 11.5 Å². The van der Waals surface area contributed by atoms with Crippen LogP contribution in [-0.2, 0) is 29.7 Å². The van der Waals surface area contributed by atoms with Crippen LogP contribution in [0.15, 0.2) is 24.3 Å². The molecule has 1 aromatic heterocycles. The standard InChI is InChI=1S/C20H29N5O3S/c1-4-27-17-9-7-6-8-16(17)24-12-10-23(11-13-24)15-25-20(29)22(3)18(21-25)14-19(26)28-5-2/h6-9H,4-5,10-15H2,1-3H3/p+1. The number of carbonyl (C=O) groups excluding carboxylic acids is 1. The van der Waals surface area contributed by atoms with Crippen molar-refractivity contribution in [1.29, 1.82) is 0 Å². The number of anilines is 1. The number of ether oxygens (including phenoxy) is 2. The Morgan fingerprint density at radius 1 is 1.21 bits per heavy atom. The number of benzene rings is 1. The van der Waals surface area contributed by atoms with Crippen molar-refractivity contribution in [3.63, 3.8) is 0 Å². The number of rotatable bonds is 8. The van der Waals surface area contributed by atoms with Crippen molar-refractivity contribution < 1.29 is 19.2 Å². The van der Waals surface area contributed by atoms with Crippen LogP contribution in [0.25, 0.3) is 0 Å². The van der Waals surface area contributed by atoms with Gasteiger partial charge in [0.2, 0.25) is 4.77 Å². The van der Waals surface area contributed by atoms with Crippen molar-refractivity contribution in [3.05, 3.63) is 34.9 Å². The summed E-state index contributed by atoms with van der Waals surface area (Å²) in [6.07, 6.45) is 0.137. The number of hydrogen-bond acceptors (Lipinski definition) is 6. The highest BCUT2D eigenvalue weighted by molar-refractivity contribution is 7.71. The number of quaternary nitrogens is 1. The van der Waals surface area contributed by atoms with Crippen LogP contribution in [0.1, 0.15) is 19.7 Å². The zero-order valence-corrected chi connectivity index (χ0v) is 18.2. The van der Waals surface area contributed by atoms with E-state index in [2.05, 4.69) is 22.1 Å². The zero-order valence-electron chi connectivity index (χ0n) is 17.4. The SMILES string of the molecule is CCOC(=O)Cc1nn(C[NH+]2CCN(c3ccccc3OCC)CC2)c(=S)n1C. The molecule has 1 aromatic carbocycles. The number of piperazine rings is 1. The van der Waals surface area contributed by atoms with E-state index in [-0.39, 0.29) is 12.4 Å². The van der Waals surface area contributed by atoms with E-state index in [4.69, 9.17) is 21.7 Å².